The summed E-state index contributed by atoms with van der Waals surface area (Å²) < 4.78 is 25.2. The first-order valence-electron chi connectivity index (χ1n) is 9.00. The predicted molar refractivity (Wildman–Crippen MR) is 103 cm³/mol. The highest BCUT2D eigenvalue weighted by Crippen LogP contribution is 2.34. The summed E-state index contributed by atoms with van der Waals surface area (Å²) >= 11 is 0. The van der Waals surface area contributed by atoms with Gasteiger partial charge in [-0.1, -0.05) is 18.2 Å². The molecule has 0 saturated heterocycles. The number of carbonyl (C=O) groups is 1. The molecule has 1 aliphatic heterocycles. The summed E-state index contributed by atoms with van der Waals surface area (Å²) in [6, 6.07) is 16.8. The summed E-state index contributed by atoms with van der Waals surface area (Å²) in [4.78, 5) is 19.1. The average Bonchev–Trinajstić information content (AvgIpc) is 2.72. The fourth-order valence-electron chi connectivity index (χ4n) is 3.14. The van der Waals surface area contributed by atoms with E-state index >= 15 is 0 Å². The van der Waals surface area contributed by atoms with E-state index in [0.29, 0.717) is 17.2 Å². The summed E-state index contributed by atoms with van der Waals surface area (Å²) in [6.07, 6.45) is 2.07. The first kappa shape index (κ1) is 18.0. The molecule has 1 aliphatic rings. The molecule has 0 N–H and O–H groups in total. The molecular weight excluding hydrogens is 359 g/mol. The van der Waals surface area contributed by atoms with E-state index in [9.17, 15) is 9.18 Å². The van der Waals surface area contributed by atoms with E-state index in [-0.39, 0.29) is 18.3 Å². The van der Waals surface area contributed by atoms with Gasteiger partial charge < -0.3 is 14.4 Å². The van der Waals surface area contributed by atoms with Crippen molar-refractivity contribution in [3.8, 4) is 11.5 Å². The van der Waals surface area contributed by atoms with Crippen molar-refractivity contribution in [3.05, 3.63) is 84.4 Å². The molecule has 28 heavy (non-hydrogen) atoms. The zero-order valence-electron chi connectivity index (χ0n) is 15.3. The highest BCUT2D eigenvalue weighted by molar-refractivity contribution is 5.97. The second-order valence-corrected chi connectivity index (χ2v) is 6.57. The Balaban J connectivity index is 1.65. The van der Waals surface area contributed by atoms with Crippen molar-refractivity contribution in [2.24, 2.45) is 0 Å². The molecule has 5 nitrogen and oxygen atoms in total. The van der Waals surface area contributed by atoms with Gasteiger partial charge in [0.15, 0.2) is 11.5 Å². The number of hydrogen-bond acceptors (Lipinski definition) is 4. The van der Waals surface area contributed by atoms with Crippen LogP contribution in [0.2, 0.25) is 0 Å². The normalized spacial score (nSPS) is 17.8. The number of rotatable bonds is 4. The zero-order chi connectivity index (χ0) is 19.5. The lowest BCUT2D eigenvalue weighted by Crippen LogP contribution is -2.50. The highest BCUT2D eigenvalue weighted by atomic mass is 19.1. The summed E-state index contributed by atoms with van der Waals surface area (Å²) in [5.74, 6) is 0.508. The van der Waals surface area contributed by atoms with E-state index in [1.807, 2.05) is 24.3 Å². The molecule has 142 valence electrons. The van der Waals surface area contributed by atoms with Gasteiger partial charge in [0.2, 0.25) is 6.10 Å². The maximum atomic E-state index is 13.4. The third kappa shape index (κ3) is 3.67. The molecule has 6 heteroatoms. The molecule has 0 aliphatic carbocycles. The average molecular weight is 378 g/mol. The van der Waals surface area contributed by atoms with Gasteiger partial charge >= 0.3 is 0 Å². The Morgan fingerprint density at radius 1 is 1.04 bits per heavy atom. The van der Waals surface area contributed by atoms with Crippen LogP contribution >= 0.6 is 0 Å². The van der Waals surface area contributed by atoms with Crippen LogP contribution in [0.5, 0.6) is 11.5 Å². The Kier molecular flexibility index (Phi) is 4.93. The van der Waals surface area contributed by atoms with Crippen LogP contribution in [0.3, 0.4) is 0 Å². The van der Waals surface area contributed by atoms with Gasteiger partial charge in [0, 0.05) is 18.1 Å². The minimum absolute atomic E-state index is 0.266. The molecular formula is C22H19FN2O3. The number of benzene rings is 2. The second kappa shape index (κ2) is 7.68. The van der Waals surface area contributed by atoms with Crippen LogP contribution in [-0.4, -0.2) is 23.1 Å². The minimum atomic E-state index is -0.823. The maximum Gasteiger partial charge on any atom is 0.272 e. The number of aromatic nitrogens is 1. The Morgan fingerprint density at radius 3 is 2.43 bits per heavy atom. The van der Waals surface area contributed by atoms with E-state index in [1.165, 1.54) is 12.1 Å². The lowest BCUT2D eigenvalue weighted by molar-refractivity contribution is -0.130. The van der Waals surface area contributed by atoms with Crippen molar-refractivity contribution in [2.75, 3.05) is 4.90 Å². The number of halogens is 1. The number of nitrogens with zero attached hydrogens (tertiary/aromatic N) is 2. The molecule has 4 rings (SSSR count). The standard InChI is InChI=1S/C22H19FN2O3/c1-15-21(28-20-7-3-2-6-19(20)27-15)22(26)25(14-16-5-4-12-24-13-16)18-10-8-17(23)9-11-18/h2-13,15,21H,14H2,1H3/t15-,21+/m1/s1. The first-order valence-corrected chi connectivity index (χ1v) is 9.00. The molecule has 2 atom stereocenters. The minimum Gasteiger partial charge on any atom is -0.482 e. The van der Waals surface area contributed by atoms with Crippen LogP contribution in [0, 0.1) is 5.82 Å². The molecule has 3 aromatic rings. The van der Waals surface area contributed by atoms with Gasteiger partial charge in [-0.05, 0) is 55.0 Å². The molecule has 2 heterocycles. The van der Waals surface area contributed by atoms with Gasteiger partial charge in [-0.15, -0.1) is 0 Å². The van der Waals surface area contributed by atoms with Crippen LogP contribution in [0.1, 0.15) is 12.5 Å². The fraction of sp³-hybridized carbons (Fsp3) is 0.182. The molecule has 0 saturated carbocycles. The van der Waals surface area contributed by atoms with Crippen LogP contribution in [0.4, 0.5) is 10.1 Å². The van der Waals surface area contributed by atoms with Crippen LogP contribution < -0.4 is 14.4 Å². The SMILES string of the molecule is C[C@H]1Oc2ccccc2O[C@@H]1C(=O)N(Cc1cccnc1)c1ccc(F)cc1. The molecule has 0 fully saturated rings. The number of hydrogen-bond donors (Lipinski definition) is 0. The van der Waals surface area contributed by atoms with Crippen molar-refractivity contribution in [3.63, 3.8) is 0 Å². The summed E-state index contributed by atoms with van der Waals surface area (Å²) in [6.45, 7) is 2.08. The molecule has 0 unspecified atom stereocenters. The zero-order valence-corrected chi connectivity index (χ0v) is 15.3. The van der Waals surface area contributed by atoms with Crippen molar-refractivity contribution in [1.29, 1.82) is 0 Å². The van der Waals surface area contributed by atoms with Gasteiger partial charge in [0.1, 0.15) is 11.9 Å². The first-order chi connectivity index (χ1) is 13.6. The number of anilines is 1. The van der Waals surface area contributed by atoms with Crippen LogP contribution in [-0.2, 0) is 11.3 Å². The maximum absolute atomic E-state index is 13.4. The lowest BCUT2D eigenvalue weighted by atomic mass is 10.1. The van der Waals surface area contributed by atoms with E-state index < -0.39 is 12.2 Å². The number of fused-ring (bicyclic) bond motifs is 1. The molecule has 0 spiro atoms. The largest absolute Gasteiger partial charge is 0.482 e. The van der Waals surface area contributed by atoms with Gasteiger partial charge in [-0.3, -0.25) is 9.78 Å². The highest BCUT2D eigenvalue weighted by Gasteiger charge is 2.37. The van der Waals surface area contributed by atoms with E-state index in [2.05, 4.69) is 4.98 Å². The Bertz CT molecular complexity index is 963. The number of ether oxygens (including phenoxy) is 2. The third-order valence-electron chi connectivity index (χ3n) is 4.55. The number of amides is 1. The number of pyridine rings is 1. The molecule has 1 aromatic heterocycles. The summed E-state index contributed by atoms with van der Waals surface area (Å²) in [5.41, 5.74) is 1.43. The molecule has 0 radical (unpaired) electrons. The van der Waals surface area contributed by atoms with Crippen molar-refractivity contribution in [2.45, 2.75) is 25.7 Å². The fourth-order valence-corrected chi connectivity index (χ4v) is 3.14. The van der Waals surface area contributed by atoms with Crippen LogP contribution in [0.25, 0.3) is 0 Å². The number of para-hydroxylation sites is 2. The van der Waals surface area contributed by atoms with Gasteiger partial charge in [0.05, 0.1) is 6.54 Å². The van der Waals surface area contributed by atoms with Crippen molar-refractivity contribution in [1.82, 2.24) is 4.98 Å². The predicted octanol–water partition coefficient (Wildman–Crippen LogP) is 3.98. The summed E-state index contributed by atoms with van der Waals surface area (Å²) in [5, 5.41) is 0. The van der Waals surface area contributed by atoms with E-state index in [0.717, 1.165) is 5.56 Å². The van der Waals surface area contributed by atoms with Crippen molar-refractivity contribution < 1.29 is 18.7 Å². The van der Waals surface area contributed by atoms with Crippen LogP contribution in [0.15, 0.2) is 73.1 Å². The third-order valence-corrected chi connectivity index (χ3v) is 4.55. The van der Waals surface area contributed by atoms with Gasteiger partial charge in [0.25, 0.3) is 5.91 Å². The Labute approximate surface area is 162 Å². The molecule has 1 amide bonds. The van der Waals surface area contributed by atoms with E-state index in [1.54, 1.807) is 48.5 Å². The monoisotopic (exact) mass is 378 g/mol. The second-order valence-electron chi connectivity index (χ2n) is 6.57. The molecule has 2 aromatic carbocycles. The Hall–Kier alpha value is -3.41. The number of carbonyl (C=O) groups excluding carboxylic acids is 1. The van der Waals surface area contributed by atoms with Gasteiger partial charge in [-0.25, -0.2) is 4.39 Å². The topological polar surface area (TPSA) is 51.7 Å². The van der Waals surface area contributed by atoms with Crippen molar-refractivity contribution >= 4 is 11.6 Å². The lowest BCUT2D eigenvalue weighted by Gasteiger charge is -2.34. The van der Waals surface area contributed by atoms with E-state index in [4.69, 9.17) is 9.47 Å². The quantitative estimate of drug-likeness (QED) is 0.689. The summed E-state index contributed by atoms with van der Waals surface area (Å²) in [7, 11) is 0. The van der Waals surface area contributed by atoms with Gasteiger partial charge in [-0.2, -0.15) is 0 Å². The smallest absolute Gasteiger partial charge is 0.272 e. The Morgan fingerprint density at radius 2 is 1.75 bits per heavy atom. The molecule has 0 bridgehead atoms.